The van der Waals surface area contributed by atoms with Gasteiger partial charge in [-0.3, -0.25) is 0 Å². The number of rotatable bonds is 5. The highest BCUT2D eigenvalue weighted by Crippen LogP contribution is 2.15. The third kappa shape index (κ3) is 3.91. The Kier molecular flexibility index (Phi) is 4.71. The van der Waals surface area contributed by atoms with Gasteiger partial charge >= 0.3 is 0 Å². The zero-order valence-corrected chi connectivity index (χ0v) is 11.4. The van der Waals surface area contributed by atoms with Crippen molar-refractivity contribution in [3.63, 3.8) is 0 Å². The Hall–Kier alpha value is -1.65. The summed E-state index contributed by atoms with van der Waals surface area (Å²) in [5, 5.41) is 12.9. The van der Waals surface area contributed by atoms with Gasteiger partial charge < -0.3 is 10.4 Å². The number of aliphatic hydroxyl groups is 1. The Bertz CT molecular complexity index is 533. The van der Waals surface area contributed by atoms with Crippen molar-refractivity contribution in [1.82, 2.24) is 9.97 Å². The maximum Gasteiger partial charge on any atom is 0.224 e. The highest BCUT2D eigenvalue weighted by Gasteiger charge is 2.11. The number of aliphatic hydroxyl groups excluding tert-OH is 1. The average Bonchev–Trinajstić information content (AvgIpc) is 2.43. The third-order valence-electron chi connectivity index (χ3n) is 2.83. The molecule has 1 atom stereocenters. The Morgan fingerprint density at radius 3 is 2.74 bits per heavy atom. The molecule has 4 nitrogen and oxygen atoms in total. The van der Waals surface area contributed by atoms with E-state index in [1.165, 1.54) is 0 Å². The largest absolute Gasteiger partial charge is 0.394 e. The van der Waals surface area contributed by atoms with Crippen molar-refractivity contribution >= 4 is 17.4 Å². The van der Waals surface area contributed by atoms with E-state index in [0.29, 0.717) is 5.82 Å². The fourth-order valence-corrected chi connectivity index (χ4v) is 1.95. The first-order valence-corrected chi connectivity index (χ1v) is 6.47. The molecule has 0 radical (unpaired) electrons. The first-order valence-electron chi connectivity index (χ1n) is 6.09. The summed E-state index contributed by atoms with van der Waals surface area (Å²) in [6.07, 6.45) is 2.38. The molecule has 0 spiro atoms. The molecule has 0 fully saturated rings. The molecule has 2 aromatic rings. The van der Waals surface area contributed by atoms with Gasteiger partial charge in [0, 0.05) is 11.8 Å². The number of anilines is 1. The second kappa shape index (κ2) is 6.50. The third-order valence-corrected chi connectivity index (χ3v) is 3.01. The van der Waals surface area contributed by atoms with Crippen LogP contribution < -0.4 is 5.32 Å². The predicted octanol–water partition coefficient (Wildman–Crippen LogP) is 2.45. The van der Waals surface area contributed by atoms with Crippen LogP contribution in [0.15, 0.2) is 36.5 Å². The lowest BCUT2D eigenvalue weighted by atomic mass is 10.1. The van der Waals surface area contributed by atoms with Crippen molar-refractivity contribution in [2.75, 3.05) is 11.9 Å². The Morgan fingerprint density at radius 2 is 2.05 bits per heavy atom. The molecule has 100 valence electrons. The van der Waals surface area contributed by atoms with Gasteiger partial charge in [0.25, 0.3) is 0 Å². The van der Waals surface area contributed by atoms with Crippen molar-refractivity contribution in [3.05, 3.63) is 52.9 Å². The summed E-state index contributed by atoms with van der Waals surface area (Å²) < 4.78 is 0. The lowest BCUT2D eigenvalue weighted by Crippen LogP contribution is -2.27. The van der Waals surface area contributed by atoms with Crippen molar-refractivity contribution in [2.45, 2.75) is 19.4 Å². The van der Waals surface area contributed by atoms with E-state index in [1.807, 2.05) is 37.3 Å². The average molecular weight is 278 g/mol. The van der Waals surface area contributed by atoms with Gasteiger partial charge in [-0.25, -0.2) is 9.97 Å². The molecule has 1 aromatic heterocycles. The number of nitrogens with zero attached hydrogens (tertiary/aromatic N) is 2. The van der Waals surface area contributed by atoms with E-state index in [2.05, 4.69) is 15.3 Å². The van der Waals surface area contributed by atoms with E-state index < -0.39 is 0 Å². The first-order chi connectivity index (χ1) is 9.19. The topological polar surface area (TPSA) is 58.0 Å². The second-order valence-corrected chi connectivity index (χ2v) is 4.72. The van der Waals surface area contributed by atoms with Gasteiger partial charge in [0.05, 0.1) is 12.6 Å². The smallest absolute Gasteiger partial charge is 0.224 e. The van der Waals surface area contributed by atoms with E-state index in [-0.39, 0.29) is 17.9 Å². The Balaban J connectivity index is 2.09. The summed E-state index contributed by atoms with van der Waals surface area (Å²) in [6.45, 7) is 1.92. The lowest BCUT2D eigenvalue weighted by Gasteiger charge is -2.18. The molecule has 1 heterocycles. The zero-order valence-electron chi connectivity index (χ0n) is 10.7. The molecule has 2 N–H and O–H groups in total. The Labute approximate surface area is 117 Å². The van der Waals surface area contributed by atoms with Crippen LogP contribution in [0.5, 0.6) is 0 Å². The molecule has 0 aliphatic heterocycles. The molecule has 2 rings (SSSR count). The monoisotopic (exact) mass is 277 g/mol. The van der Waals surface area contributed by atoms with Gasteiger partial charge in [0.15, 0.2) is 0 Å². The van der Waals surface area contributed by atoms with Crippen LogP contribution in [0.1, 0.15) is 11.1 Å². The number of hydrogen-bond donors (Lipinski definition) is 2. The van der Waals surface area contributed by atoms with E-state index in [1.54, 1.807) is 6.20 Å². The van der Waals surface area contributed by atoms with E-state index in [4.69, 9.17) is 11.6 Å². The number of aromatic nitrogens is 2. The standard InChI is InChI=1S/C14H16ClN3O/c1-10-8-16-14(15)18-13(10)17-12(9-19)7-11-5-3-2-4-6-11/h2-6,8,12,19H,7,9H2,1H3,(H,16,17,18). The lowest BCUT2D eigenvalue weighted by molar-refractivity contribution is 0.273. The van der Waals surface area contributed by atoms with Crippen LogP contribution >= 0.6 is 11.6 Å². The maximum absolute atomic E-state index is 9.47. The quantitative estimate of drug-likeness (QED) is 0.825. The van der Waals surface area contributed by atoms with Crippen LogP contribution in [0.4, 0.5) is 5.82 Å². The zero-order chi connectivity index (χ0) is 13.7. The number of halogens is 1. The molecular formula is C14H16ClN3O. The summed E-state index contributed by atoms with van der Waals surface area (Å²) in [5.41, 5.74) is 2.06. The van der Waals surface area contributed by atoms with Crippen molar-refractivity contribution in [1.29, 1.82) is 0 Å². The van der Waals surface area contributed by atoms with E-state index >= 15 is 0 Å². The fraction of sp³-hybridized carbons (Fsp3) is 0.286. The molecule has 0 saturated heterocycles. The van der Waals surface area contributed by atoms with Crippen LogP contribution in [0, 0.1) is 6.92 Å². The molecule has 0 amide bonds. The molecule has 0 aliphatic rings. The van der Waals surface area contributed by atoms with Gasteiger partial charge in [-0.1, -0.05) is 30.3 Å². The maximum atomic E-state index is 9.47. The molecule has 1 unspecified atom stereocenters. The molecular weight excluding hydrogens is 262 g/mol. The number of benzene rings is 1. The van der Waals surface area contributed by atoms with Crippen LogP contribution in [0.25, 0.3) is 0 Å². The van der Waals surface area contributed by atoms with Crippen LogP contribution in [0.3, 0.4) is 0 Å². The predicted molar refractivity (Wildman–Crippen MR) is 76.4 cm³/mol. The normalized spacial score (nSPS) is 12.2. The van der Waals surface area contributed by atoms with Crippen LogP contribution in [-0.2, 0) is 6.42 Å². The first kappa shape index (κ1) is 13.8. The second-order valence-electron chi connectivity index (χ2n) is 4.38. The van der Waals surface area contributed by atoms with Crippen molar-refractivity contribution < 1.29 is 5.11 Å². The molecule has 0 bridgehead atoms. The fourth-order valence-electron chi connectivity index (χ4n) is 1.82. The molecule has 5 heteroatoms. The Morgan fingerprint density at radius 1 is 1.32 bits per heavy atom. The summed E-state index contributed by atoms with van der Waals surface area (Å²) >= 11 is 5.78. The van der Waals surface area contributed by atoms with Crippen LogP contribution in [-0.4, -0.2) is 27.7 Å². The molecule has 0 saturated carbocycles. The minimum Gasteiger partial charge on any atom is -0.394 e. The summed E-state index contributed by atoms with van der Waals surface area (Å²) in [6, 6.07) is 9.90. The summed E-state index contributed by atoms with van der Waals surface area (Å²) in [5.74, 6) is 0.662. The number of aryl methyl sites for hydroxylation is 1. The minimum atomic E-state index is -0.105. The van der Waals surface area contributed by atoms with E-state index in [0.717, 1.165) is 17.5 Å². The van der Waals surface area contributed by atoms with Crippen molar-refractivity contribution in [2.24, 2.45) is 0 Å². The number of hydrogen-bond acceptors (Lipinski definition) is 4. The highest BCUT2D eigenvalue weighted by atomic mass is 35.5. The van der Waals surface area contributed by atoms with Crippen LogP contribution in [0.2, 0.25) is 5.28 Å². The SMILES string of the molecule is Cc1cnc(Cl)nc1NC(CO)Cc1ccccc1. The van der Waals surface area contributed by atoms with Gasteiger partial charge in [-0.05, 0) is 30.5 Å². The van der Waals surface area contributed by atoms with Gasteiger partial charge in [0.2, 0.25) is 5.28 Å². The number of nitrogens with one attached hydrogen (secondary N) is 1. The van der Waals surface area contributed by atoms with Gasteiger partial charge in [0.1, 0.15) is 5.82 Å². The molecule has 1 aromatic carbocycles. The van der Waals surface area contributed by atoms with Gasteiger partial charge in [-0.15, -0.1) is 0 Å². The van der Waals surface area contributed by atoms with E-state index in [9.17, 15) is 5.11 Å². The summed E-state index contributed by atoms with van der Waals surface area (Å²) in [4.78, 5) is 8.04. The molecule has 0 aliphatic carbocycles. The summed E-state index contributed by atoms with van der Waals surface area (Å²) in [7, 11) is 0. The van der Waals surface area contributed by atoms with Crippen molar-refractivity contribution in [3.8, 4) is 0 Å². The van der Waals surface area contributed by atoms with Gasteiger partial charge in [-0.2, -0.15) is 0 Å². The highest BCUT2D eigenvalue weighted by molar-refractivity contribution is 6.28. The molecule has 19 heavy (non-hydrogen) atoms. The minimum absolute atomic E-state index is 0.0238.